The fourth-order valence-corrected chi connectivity index (χ4v) is 1.76. The summed E-state index contributed by atoms with van der Waals surface area (Å²) in [4.78, 5) is 2.17. The molecular weight excluding hydrogens is 230 g/mol. The summed E-state index contributed by atoms with van der Waals surface area (Å²) in [5.41, 5.74) is 1.02. The van der Waals surface area contributed by atoms with Crippen LogP contribution >= 0.6 is 12.2 Å². The lowest BCUT2D eigenvalue weighted by Crippen LogP contribution is -2.37. The van der Waals surface area contributed by atoms with Crippen molar-refractivity contribution in [3.63, 3.8) is 0 Å². The van der Waals surface area contributed by atoms with Crippen LogP contribution in [0.15, 0.2) is 30.3 Å². The Labute approximate surface area is 109 Å². The molecule has 0 saturated carbocycles. The zero-order valence-electron chi connectivity index (χ0n) is 10.7. The van der Waals surface area contributed by atoms with E-state index in [-0.39, 0.29) is 0 Å². The second kappa shape index (κ2) is 7.25. The zero-order chi connectivity index (χ0) is 12.7. The molecular formula is C13H21N3S. The minimum atomic E-state index is 0.376. The van der Waals surface area contributed by atoms with Gasteiger partial charge in [0.2, 0.25) is 0 Å². The monoisotopic (exact) mass is 251 g/mol. The number of hydrogen-bond donors (Lipinski definition) is 2. The van der Waals surface area contributed by atoms with Crippen molar-refractivity contribution in [2.45, 2.75) is 19.4 Å². The number of para-hydroxylation sites is 1. The smallest absolute Gasteiger partial charge is 0.170 e. The number of thiocarbonyl (C=S) groups is 1. The van der Waals surface area contributed by atoms with Gasteiger partial charge in [-0.15, -0.1) is 0 Å². The molecule has 94 valence electrons. The van der Waals surface area contributed by atoms with E-state index in [4.69, 9.17) is 12.2 Å². The summed E-state index contributed by atoms with van der Waals surface area (Å²) in [6.07, 6.45) is 1.07. The van der Waals surface area contributed by atoms with Crippen LogP contribution in [-0.4, -0.2) is 36.7 Å². The molecule has 17 heavy (non-hydrogen) atoms. The van der Waals surface area contributed by atoms with Crippen molar-refractivity contribution in [2.24, 2.45) is 0 Å². The molecule has 0 aliphatic rings. The lowest BCUT2D eigenvalue weighted by Gasteiger charge is -2.18. The average Bonchev–Trinajstić information content (AvgIpc) is 2.27. The Balaban J connectivity index is 2.29. The normalized spacial score (nSPS) is 12.2. The molecule has 0 bridgehead atoms. The van der Waals surface area contributed by atoms with Crippen LogP contribution < -0.4 is 10.6 Å². The molecule has 1 aromatic carbocycles. The van der Waals surface area contributed by atoms with Crippen LogP contribution in [0.2, 0.25) is 0 Å². The first-order valence-corrected chi connectivity index (χ1v) is 6.26. The van der Waals surface area contributed by atoms with Crippen LogP contribution in [-0.2, 0) is 0 Å². The predicted octanol–water partition coefficient (Wildman–Crippen LogP) is 2.31. The summed E-state index contributed by atoms with van der Waals surface area (Å²) in [5.74, 6) is 0. The number of benzene rings is 1. The molecule has 0 saturated heterocycles. The fraction of sp³-hybridized carbons (Fsp3) is 0.462. The maximum absolute atomic E-state index is 5.26. The van der Waals surface area contributed by atoms with Gasteiger partial charge in [-0.05, 0) is 58.3 Å². The van der Waals surface area contributed by atoms with E-state index in [0.29, 0.717) is 11.2 Å². The van der Waals surface area contributed by atoms with Crippen molar-refractivity contribution in [1.82, 2.24) is 10.2 Å². The molecule has 0 fully saturated rings. The van der Waals surface area contributed by atoms with Gasteiger partial charge in [-0.1, -0.05) is 18.2 Å². The maximum atomic E-state index is 5.26. The largest absolute Gasteiger partial charge is 0.360 e. The Bertz CT molecular complexity index is 338. The third-order valence-corrected chi connectivity index (χ3v) is 2.64. The van der Waals surface area contributed by atoms with Gasteiger partial charge in [0.05, 0.1) is 0 Å². The highest BCUT2D eigenvalue weighted by atomic mass is 32.1. The highest BCUT2D eigenvalue weighted by Gasteiger charge is 2.04. The molecule has 1 unspecified atom stereocenters. The molecule has 0 aliphatic carbocycles. The standard InChI is InChI=1S/C13H21N3S/c1-11(9-10-16(2)3)14-13(17)15-12-7-5-4-6-8-12/h4-8,11H,9-10H2,1-3H3,(H2,14,15,17). The highest BCUT2D eigenvalue weighted by Crippen LogP contribution is 2.04. The van der Waals surface area contributed by atoms with Crippen LogP contribution in [0.4, 0.5) is 5.69 Å². The van der Waals surface area contributed by atoms with Crippen LogP contribution in [0.25, 0.3) is 0 Å². The summed E-state index contributed by atoms with van der Waals surface area (Å²) in [7, 11) is 4.15. The van der Waals surface area contributed by atoms with Gasteiger partial charge in [0.15, 0.2) is 5.11 Å². The number of nitrogens with one attached hydrogen (secondary N) is 2. The van der Waals surface area contributed by atoms with E-state index in [2.05, 4.69) is 36.6 Å². The first-order chi connectivity index (χ1) is 8.08. The quantitative estimate of drug-likeness (QED) is 0.785. The second-order valence-corrected chi connectivity index (χ2v) is 4.87. The molecule has 1 atom stereocenters. The third kappa shape index (κ3) is 6.24. The minimum Gasteiger partial charge on any atom is -0.360 e. The minimum absolute atomic E-state index is 0.376. The molecule has 2 N–H and O–H groups in total. The molecule has 1 aromatic rings. The Kier molecular flexibility index (Phi) is 5.94. The van der Waals surface area contributed by atoms with Gasteiger partial charge >= 0.3 is 0 Å². The molecule has 0 aliphatic heterocycles. The topological polar surface area (TPSA) is 27.3 Å². The van der Waals surface area contributed by atoms with E-state index in [0.717, 1.165) is 18.7 Å². The van der Waals surface area contributed by atoms with Crippen molar-refractivity contribution in [3.05, 3.63) is 30.3 Å². The second-order valence-electron chi connectivity index (χ2n) is 4.46. The van der Waals surface area contributed by atoms with Crippen LogP contribution in [0.5, 0.6) is 0 Å². The summed E-state index contributed by atoms with van der Waals surface area (Å²) in [6, 6.07) is 10.3. The molecule has 3 nitrogen and oxygen atoms in total. The Morgan fingerprint density at radius 2 is 1.94 bits per heavy atom. The maximum Gasteiger partial charge on any atom is 0.170 e. The molecule has 0 amide bonds. The fourth-order valence-electron chi connectivity index (χ4n) is 1.44. The van der Waals surface area contributed by atoms with E-state index in [1.54, 1.807) is 0 Å². The highest BCUT2D eigenvalue weighted by molar-refractivity contribution is 7.80. The lowest BCUT2D eigenvalue weighted by molar-refractivity contribution is 0.379. The number of anilines is 1. The zero-order valence-corrected chi connectivity index (χ0v) is 11.6. The van der Waals surface area contributed by atoms with Crippen molar-refractivity contribution >= 4 is 23.0 Å². The lowest BCUT2D eigenvalue weighted by atomic mass is 10.2. The van der Waals surface area contributed by atoms with Crippen molar-refractivity contribution in [3.8, 4) is 0 Å². The molecule has 4 heteroatoms. The van der Waals surface area contributed by atoms with E-state index in [9.17, 15) is 0 Å². The SMILES string of the molecule is CC(CCN(C)C)NC(=S)Nc1ccccc1. The summed E-state index contributed by atoms with van der Waals surface area (Å²) in [5, 5.41) is 7.13. The Morgan fingerprint density at radius 1 is 1.29 bits per heavy atom. The van der Waals surface area contributed by atoms with Gasteiger partial charge in [0.25, 0.3) is 0 Å². The van der Waals surface area contributed by atoms with Gasteiger partial charge in [-0.3, -0.25) is 0 Å². The summed E-state index contributed by atoms with van der Waals surface area (Å²) in [6.45, 7) is 3.20. The van der Waals surface area contributed by atoms with E-state index >= 15 is 0 Å². The average molecular weight is 251 g/mol. The first-order valence-electron chi connectivity index (χ1n) is 5.85. The van der Waals surface area contributed by atoms with Crippen LogP contribution in [0.1, 0.15) is 13.3 Å². The Morgan fingerprint density at radius 3 is 2.53 bits per heavy atom. The van der Waals surface area contributed by atoms with Gasteiger partial charge in [0, 0.05) is 11.7 Å². The van der Waals surface area contributed by atoms with Crippen molar-refractivity contribution < 1.29 is 0 Å². The number of rotatable bonds is 5. The molecule has 0 heterocycles. The molecule has 0 aromatic heterocycles. The van der Waals surface area contributed by atoms with Gasteiger partial charge in [-0.25, -0.2) is 0 Å². The number of hydrogen-bond acceptors (Lipinski definition) is 2. The third-order valence-electron chi connectivity index (χ3n) is 2.42. The number of nitrogens with zero attached hydrogens (tertiary/aromatic N) is 1. The molecule has 1 rings (SSSR count). The molecule has 0 spiro atoms. The van der Waals surface area contributed by atoms with Gasteiger partial charge < -0.3 is 15.5 Å². The van der Waals surface area contributed by atoms with Gasteiger partial charge in [-0.2, -0.15) is 0 Å². The first kappa shape index (κ1) is 13.9. The van der Waals surface area contributed by atoms with Crippen LogP contribution in [0, 0.1) is 0 Å². The van der Waals surface area contributed by atoms with E-state index in [1.165, 1.54) is 0 Å². The van der Waals surface area contributed by atoms with Crippen molar-refractivity contribution in [2.75, 3.05) is 26.0 Å². The van der Waals surface area contributed by atoms with E-state index < -0.39 is 0 Å². The van der Waals surface area contributed by atoms with Crippen LogP contribution in [0.3, 0.4) is 0 Å². The molecule has 0 radical (unpaired) electrons. The van der Waals surface area contributed by atoms with Crippen molar-refractivity contribution in [1.29, 1.82) is 0 Å². The predicted molar refractivity (Wildman–Crippen MR) is 78.4 cm³/mol. The van der Waals surface area contributed by atoms with Gasteiger partial charge in [0.1, 0.15) is 0 Å². The van der Waals surface area contributed by atoms with E-state index in [1.807, 2.05) is 30.3 Å². The Hall–Kier alpha value is -1.13. The summed E-state index contributed by atoms with van der Waals surface area (Å²) < 4.78 is 0. The summed E-state index contributed by atoms with van der Waals surface area (Å²) >= 11 is 5.26.